The van der Waals surface area contributed by atoms with Crippen LogP contribution in [0.15, 0.2) is 60.7 Å². The highest BCUT2D eigenvalue weighted by atomic mass is 16.2. The summed E-state index contributed by atoms with van der Waals surface area (Å²) in [6, 6.07) is 19.2. The molecule has 2 aliphatic heterocycles. The minimum Gasteiger partial charge on any atom is -0.342 e. The van der Waals surface area contributed by atoms with E-state index < -0.39 is 0 Å². The Kier molecular flexibility index (Phi) is 5.10. The van der Waals surface area contributed by atoms with Gasteiger partial charge in [-0.15, -0.1) is 0 Å². The average Bonchev–Trinajstić information content (AvgIpc) is 3.08. The van der Waals surface area contributed by atoms with Crippen molar-refractivity contribution in [3.63, 3.8) is 0 Å². The van der Waals surface area contributed by atoms with Gasteiger partial charge in [0.05, 0.1) is 12.5 Å². The zero-order chi connectivity index (χ0) is 19.5. The summed E-state index contributed by atoms with van der Waals surface area (Å²) in [6.45, 7) is 1.15. The van der Waals surface area contributed by atoms with E-state index in [9.17, 15) is 14.4 Å². The average molecular weight is 377 g/mol. The number of hydrogen-bond donors (Lipinski definition) is 1. The van der Waals surface area contributed by atoms with Crippen molar-refractivity contribution < 1.29 is 14.4 Å². The molecule has 1 N–H and O–H groups in total. The molecule has 0 unspecified atom stereocenters. The van der Waals surface area contributed by atoms with E-state index in [4.69, 9.17) is 0 Å². The molecule has 0 spiro atoms. The van der Waals surface area contributed by atoms with Crippen LogP contribution in [0.4, 0.5) is 4.79 Å². The molecule has 0 aliphatic carbocycles. The van der Waals surface area contributed by atoms with Crippen molar-refractivity contribution in [3.05, 3.63) is 71.8 Å². The number of benzene rings is 2. The summed E-state index contributed by atoms with van der Waals surface area (Å²) in [7, 11) is 0. The minimum absolute atomic E-state index is 0.0630. The lowest BCUT2D eigenvalue weighted by Crippen LogP contribution is -2.49. The maximum Gasteiger partial charge on any atom is 0.324 e. The molecule has 0 radical (unpaired) electrons. The van der Waals surface area contributed by atoms with E-state index >= 15 is 0 Å². The molecule has 2 aromatic carbocycles. The van der Waals surface area contributed by atoms with Crippen LogP contribution in [0, 0.1) is 0 Å². The number of carbonyl (C=O) groups excluding carboxylic acids is 3. The fraction of sp³-hybridized carbons (Fsp3) is 0.318. The second kappa shape index (κ2) is 7.84. The van der Waals surface area contributed by atoms with Gasteiger partial charge in [0.25, 0.3) is 0 Å². The van der Waals surface area contributed by atoms with Gasteiger partial charge in [-0.1, -0.05) is 60.7 Å². The molecule has 2 aliphatic rings. The quantitative estimate of drug-likeness (QED) is 0.832. The molecule has 4 rings (SSSR count). The standard InChI is InChI=1S/C22H23N3O3/c26-19-15-23-22(28)25(19)18-11-13-24(14-12-18)21(27)20(16-7-3-1-4-8-16)17-9-5-2-6-10-17/h1-10,18,20H,11-15H2,(H,23,28). The highest BCUT2D eigenvalue weighted by molar-refractivity contribution is 6.02. The normalized spacial score (nSPS) is 17.9. The van der Waals surface area contributed by atoms with Crippen LogP contribution in [0.1, 0.15) is 29.9 Å². The van der Waals surface area contributed by atoms with E-state index in [1.54, 1.807) is 0 Å². The summed E-state index contributed by atoms with van der Waals surface area (Å²) in [4.78, 5) is 40.4. The van der Waals surface area contributed by atoms with Crippen LogP contribution in [0.25, 0.3) is 0 Å². The molecule has 0 atom stereocenters. The highest BCUT2D eigenvalue weighted by Gasteiger charge is 2.38. The summed E-state index contributed by atoms with van der Waals surface area (Å²) < 4.78 is 0. The fourth-order valence-corrected chi connectivity index (χ4v) is 4.10. The SMILES string of the molecule is O=C(C(c1ccccc1)c1ccccc1)N1CCC(N2C(=O)CNC2=O)CC1. The second-order valence-electron chi connectivity index (χ2n) is 7.23. The summed E-state index contributed by atoms with van der Waals surface area (Å²) in [6.07, 6.45) is 1.22. The van der Waals surface area contributed by atoms with Crippen LogP contribution in [0.5, 0.6) is 0 Å². The topological polar surface area (TPSA) is 69.7 Å². The first kappa shape index (κ1) is 18.2. The number of amides is 4. The monoisotopic (exact) mass is 377 g/mol. The van der Waals surface area contributed by atoms with Crippen molar-refractivity contribution >= 4 is 17.8 Å². The third-order valence-corrected chi connectivity index (χ3v) is 5.53. The number of nitrogens with one attached hydrogen (secondary N) is 1. The first-order chi connectivity index (χ1) is 13.6. The number of carbonyl (C=O) groups is 3. The van der Waals surface area contributed by atoms with Gasteiger partial charge in [0, 0.05) is 19.1 Å². The Balaban J connectivity index is 1.51. The van der Waals surface area contributed by atoms with Crippen LogP contribution in [-0.2, 0) is 9.59 Å². The summed E-state index contributed by atoms with van der Waals surface area (Å²) in [5, 5.41) is 2.57. The van der Waals surface area contributed by atoms with Crippen LogP contribution in [0.3, 0.4) is 0 Å². The zero-order valence-electron chi connectivity index (χ0n) is 15.6. The van der Waals surface area contributed by atoms with Gasteiger partial charge in [-0.25, -0.2) is 4.79 Å². The molecular formula is C22H23N3O3. The lowest BCUT2D eigenvalue weighted by atomic mass is 9.89. The van der Waals surface area contributed by atoms with Gasteiger partial charge < -0.3 is 10.2 Å². The Morgan fingerprint density at radius 3 is 1.89 bits per heavy atom. The number of rotatable bonds is 4. The van der Waals surface area contributed by atoms with Gasteiger partial charge >= 0.3 is 6.03 Å². The van der Waals surface area contributed by atoms with Crippen LogP contribution >= 0.6 is 0 Å². The molecule has 0 bridgehead atoms. The van der Waals surface area contributed by atoms with Crippen molar-refractivity contribution in [1.82, 2.24) is 15.1 Å². The first-order valence-corrected chi connectivity index (χ1v) is 9.63. The van der Waals surface area contributed by atoms with Crippen molar-refractivity contribution in [3.8, 4) is 0 Å². The molecule has 2 fully saturated rings. The summed E-state index contributed by atoms with van der Waals surface area (Å²) in [5.41, 5.74) is 1.94. The Morgan fingerprint density at radius 1 is 0.893 bits per heavy atom. The molecule has 0 aromatic heterocycles. The Hall–Kier alpha value is -3.15. The van der Waals surface area contributed by atoms with Gasteiger partial charge in [-0.3, -0.25) is 14.5 Å². The smallest absolute Gasteiger partial charge is 0.324 e. The number of likely N-dealkylation sites (tertiary alicyclic amines) is 1. The van der Waals surface area contributed by atoms with Crippen molar-refractivity contribution in [1.29, 1.82) is 0 Å². The van der Waals surface area contributed by atoms with E-state index in [2.05, 4.69) is 5.32 Å². The number of nitrogens with zero attached hydrogens (tertiary/aromatic N) is 2. The van der Waals surface area contributed by atoms with Gasteiger partial charge in [-0.2, -0.15) is 0 Å². The second-order valence-corrected chi connectivity index (χ2v) is 7.23. The third-order valence-electron chi connectivity index (χ3n) is 5.53. The first-order valence-electron chi connectivity index (χ1n) is 9.63. The maximum atomic E-state index is 13.4. The molecule has 2 heterocycles. The van der Waals surface area contributed by atoms with Crippen molar-refractivity contribution in [2.24, 2.45) is 0 Å². The van der Waals surface area contributed by atoms with E-state index in [-0.39, 0.29) is 36.3 Å². The molecule has 2 aromatic rings. The third kappa shape index (κ3) is 3.50. The van der Waals surface area contributed by atoms with Gasteiger partial charge in [0.2, 0.25) is 11.8 Å². The molecule has 144 valence electrons. The molecule has 6 heteroatoms. The van der Waals surface area contributed by atoms with Crippen LogP contribution < -0.4 is 5.32 Å². The molecule has 6 nitrogen and oxygen atoms in total. The van der Waals surface area contributed by atoms with E-state index in [1.807, 2.05) is 65.6 Å². The maximum absolute atomic E-state index is 13.4. The fourth-order valence-electron chi connectivity index (χ4n) is 4.10. The van der Waals surface area contributed by atoms with E-state index in [1.165, 1.54) is 4.90 Å². The largest absolute Gasteiger partial charge is 0.342 e. The molecule has 2 saturated heterocycles. The van der Waals surface area contributed by atoms with Crippen molar-refractivity contribution in [2.75, 3.05) is 19.6 Å². The van der Waals surface area contributed by atoms with Crippen LogP contribution in [-0.4, -0.2) is 53.3 Å². The van der Waals surface area contributed by atoms with Gasteiger partial charge in [-0.05, 0) is 24.0 Å². The molecule has 28 heavy (non-hydrogen) atoms. The van der Waals surface area contributed by atoms with Gasteiger partial charge in [0.15, 0.2) is 0 Å². The van der Waals surface area contributed by atoms with Gasteiger partial charge in [0.1, 0.15) is 0 Å². The van der Waals surface area contributed by atoms with Crippen LogP contribution in [0.2, 0.25) is 0 Å². The molecular weight excluding hydrogens is 354 g/mol. The Bertz CT molecular complexity index is 806. The number of imide groups is 1. The van der Waals surface area contributed by atoms with Crippen molar-refractivity contribution in [2.45, 2.75) is 24.8 Å². The predicted octanol–water partition coefficient (Wildman–Crippen LogP) is 2.36. The predicted molar refractivity (Wildman–Crippen MR) is 105 cm³/mol. The zero-order valence-corrected chi connectivity index (χ0v) is 15.6. The Morgan fingerprint density at radius 2 is 1.43 bits per heavy atom. The number of piperidine rings is 1. The minimum atomic E-state index is -0.351. The number of urea groups is 1. The molecule has 0 saturated carbocycles. The lowest BCUT2D eigenvalue weighted by molar-refractivity contribution is -0.134. The number of hydrogen-bond acceptors (Lipinski definition) is 3. The highest BCUT2D eigenvalue weighted by Crippen LogP contribution is 2.29. The van der Waals surface area contributed by atoms with E-state index in [0.29, 0.717) is 25.9 Å². The summed E-state index contributed by atoms with van der Waals surface area (Å²) in [5.74, 6) is -0.468. The molecule has 4 amide bonds. The summed E-state index contributed by atoms with van der Waals surface area (Å²) >= 11 is 0. The lowest BCUT2D eigenvalue weighted by Gasteiger charge is -2.37. The van der Waals surface area contributed by atoms with E-state index in [0.717, 1.165) is 11.1 Å². The Labute approximate surface area is 164 Å².